The molecule has 0 aliphatic carbocycles. The molecule has 1 aromatic heterocycles. The molecule has 1 saturated heterocycles. The first-order valence-corrected chi connectivity index (χ1v) is 12.7. The van der Waals surface area contributed by atoms with E-state index in [9.17, 15) is 14.7 Å². The average molecular weight is 502 g/mol. The highest BCUT2D eigenvalue weighted by atomic mass is 16.6. The molecule has 8 nitrogen and oxygen atoms in total. The molecular formula is C29H31N3O5. The number of aliphatic hydroxyl groups excluding tert-OH is 1. The molecule has 4 atom stereocenters. The minimum Gasteiger partial charge on any atom is -0.487 e. The van der Waals surface area contributed by atoms with E-state index in [1.165, 1.54) is 5.56 Å². The largest absolute Gasteiger partial charge is 0.487 e. The summed E-state index contributed by atoms with van der Waals surface area (Å²) in [6, 6.07) is 19.2. The van der Waals surface area contributed by atoms with Gasteiger partial charge in [0.2, 0.25) is 11.8 Å². The molecule has 1 fully saturated rings. The third-order valence-corrected chi connectivity index (χ3v) is 6.89. The zero-order chi connectivity index (χ0) is 25.6. The lowest BCUT2D eigenvalue weighted by molar-refractivity contribution is -0.142. The van der Waals surface area contributed by atoms with Gasteiger partial charge in [-0.25, -0.2) is 0 Å². The molecule has 0 bridgehead atoms. The van der Waals surface area contributed by atoms with Crippen LogP contribution in [0.5, 0.6) is 5.75 Å². The van der Waals surface area contributed by atoms with Crippen molar-refractivity contribution in [2.24, 2.45) is 0 Å². The molecule has 0 spiro atoms. The maximum absolute atomic E-state index is 12.6. The van der Waals surface area contributed by atoms with Crippen molar-refractivity contribution in [1.29, 1.82) is 0 Å². The molecule has 2 aromatic carbocycles. The van der Waals surface area contributed by atoms with Crippen LogP contribution in [0, 0.1) is 0 Å². The summed E-state index contributed by atoms with van der Waals surface area (Å²) in [6.07, 6.45) is 3.95. The Bertz CT molecular complexity index is 1220. The number of benzene rings is 2. The minimum atomic E-state index is -0.530. The third-order valence-electron chi connectivity index (χ3n) is 6.89. The molecule has 2 amide bonds. The smallest absolute Gasteiger partial charge is 0.228 e. The topological polar surface area (TPSA) is 110 Å². The summed E-state index contributed by atoms with van der Waals surface area (Å²) in [4.78, 5) is 29.2. The highest BCUT2D eigenvalue weighted by Gasteiger charge is 2.46. The molecule has 2 aliphatic heterocycles. The number of aromatic nitrogens is 1. The van der Waals surface area contributed by atoms with Crippen LogP contribution in [0.1, 0.15) is 35.4 Å². The Morgan fingerprint density at radius 1 is 1.00 bits per heavy atom. The molecule has 2 aliphatic rings. The lowest BCUT2D eigenvalue weighted by Gasteiger charge is -2.37. The van der Waals surface area contributed by atoms with Gasteiger partial charge in [0, 0.05) is 36.1 Å². The van der Waals surface area contributed by atoms with Crippen LogP contribution in [0.4, 0.5) is 5.69 Å². The zero-order valence-electron chi connectivity index (χ0n) is 20.5. The molecule has 5 rings (SSSR count). The first-order chi connectivity index (χ1) is 18.1. The summed E-state index contributed by atoms with van der Waals surface area (Å²) in [5, 5.41) is 15.9. The Hall–Kier alpha value is -3.75. The number of fused-ring (bicyclic) bond motifs is 3. The number of nitrogens with zero attached hydrogens (tertiary/aromatic N) is 1. The number of pyridine rings is 1. The van der Waals surface area contributed by atoms with Gasteiger partial charge in [0.15, 0.2) is 0 Å². The first kappa shape index (κ1) is 24.9. The highest BCUT2D eigenvalue weighted by molar-refractivity contribution is 5.92. The number of hydrogen-bond acceptors (Lipinski definition) is 6. The summed E-state index contributed by atoms with van der Waals surface area (Å²) in [5.41, 5.74) is 3.70. The van der Waals surface area contributed by atoms with E-state index in [-0.39, 0.29) is 49.4 Å². The number of rotatable bonds is 9. The number of hydrogen-bond donors (Lipinski definition) is 3. The van der Waals surface area contributed by atoms with Gasteiger partial charge in [0.25, 0.3) is 0 Å². The van der Waals surface area contributed by atoms with E-state index in [0.717, 1.165) is 23.3 Å². The summed E-state index contributed by atoms with van der Waals surface area (Å²) in [5.74, 6) is 0.483. The molecule has 3 aromatic rings. The molecule has 3 N–H and O–H groups in total. The van der Waals surface area contributed by atoms with Crippen molar-refractivity contribution < 1.29 is 24.2 Å². The van der Waals surface area contributed by atoms with Crippen LogP contribution >= 0.6 is 0 Å². The lowest BCUT2D eigenvalue weighted by atomic mass is 9.84. The quantitative estimate of drug-likeness (QED) is 0.416. The molecule has 37 heavy (non-hydrogen) atoms. The van der Waals surface area contributed by atoms with E-state index in [1.54, 1.807) is 12.4 Å². The van der Waals surface area contributed by atoms with E-state index in [0.29, 0.717) is 18.7 Å². The molecule has 3 heterocycles. The number of nitrogens with one attached hydrogen (secondary N) is 2. The van der Waals surface area contributed by atoms with Gasteiger partial charge in [-0.15, -0.1) is 0 Å². The van der Waals surface area contributed by atoms with Crippen molar-refractivity contribution in [3.05, 3.63) is 89.7 Å². The highest BCUT2D eigenvalue weighted by Crippen LogP contribution is 2.47. The Kier molecular flexibility index (Phi) is 7.77. The number of ether oxygens (including phenoxy) is 2. The van der Waals surface area contributed by atoms with Crippen LogP contribution in [0.2, 0.25) is 0 Å². The van der Waals surface area contributed by atoms with E-state index in [2.05, 4.69) is 15.6 Å². The molecule has 192 valence electrons. The minimum absolute atomic E-state index is 0.0416. The summed E-state index contributed by atoms with van der Waals surface area (Å²) >= 11 is 0. The predicted octanol–water partition coefficient (Wildman–Crippen LogP) is 3.01. The maximum atomic E-state index is 12.6. The van der Waals surface area contributed by atoms with E-state index in [1.807, 2.05) is 60.7 Å². The average Bonchev–Trinajstić information content (AvgIpc) is 3.27. The van der Waals surface area contributed by atoms with Gasteiger partial charge in [-0.1, -0.05) is 30.3 Å². The molecule has 8 heteroatoms. The molecular weight excluding hydrogens is 470 g/mol. The van der Waals surface area contributed by atoms with Crippen molar-refractivity contribution in [3.8, 4) is 5.75 Å². The Morgan fingerprint density at radius 3 is 2.59 bits per heavy atom. The van der Waals surface area contributed by atoms with Gasteiger partial charge in [-0.2, -0.15) is 0 Å². The van der Waals surface area contributed by atoms with Crippen molar-refractivity contribution in [1.82, 2.24) is 10.3 Å². The van der Waals surface area contributed by atoms with Crippen LogP contribution in [-0.4, -0.2) is 53.4 Å². The number of anilines is 1. The van der Waals surface area contributed by atoms with Gasteiger partial charge in [0.05, 0.1) is 25.6 Å². The summed E-state index contributed by atoms with van der Waals surface area (Å²) in [6.45, 7) is 0.357. The monoisotopic (exact) mass is 501 g/mol. The van der Waals surface area contributed by atoms with Crippen LogP contribution in [0.3, 0.4) is 0 Å². The predicted molar refractivity (Wildman–Crippen MR) is 138 cm³/mol. The lowest BCUT2D eigenvalue weighted by Crippen LogP contribution is -2.47. The molecule has 0 radical (unpaired) electrons. The van der Waals surface area contributed by atoms with Crippen molar-refractivity contribution >= 4 is 17.5 Å². The van der Waals surface area contributed by atoms with Crippen LogP contribution < -0.4 is 15.4 Å². The second-order valence-corrected chi connectivity index (χ2v) is 9.53. The van der Waals surface area contributed by atoms with Gasteiger partial charge >= 0.3 is 0 Å². The van der Waals surface area contributed by atoms with Crippen LogP contribution in [0.25, 0.3) is 0 Å². The standard InChI is InChI=1S/C29H31N3O5/c33-18-26-29-24(16-22(36-26)17-27(34)31-13-10-19-4-2-1-3-5-19)23-15-21(6-7-25(23)37-29)32-28(35)14-20-8-11-30-12-9-20/h1-9,11-12,15,22,24,26,29,33H,10,13-14,16-18H2,(H,31,34)(H,32,35)/t22-,24+,26+,29-/m0/s1. The number of amides is 2. The molecule has 0 unspecified atom stereocenters. The Labute approximate surface area is 216 Å². The van der Waals surface area contributed by atoms with Gasteiger partial charge in [0.1, 0.15) is 18.0 Å². The Balaban J connectivity index is 1.20. The van der Waals surface area contributed by atoms with E-state index >= 15 is 0 Å². The van der Waals surface area contributed by atoms with Crippen LogP contribution in [-0.2, 0) is 27.2 Å². The fraction of sp³-hybridized carbons (Fsp3) is 0.345. The molecule has 0 saturated carbocycles. The Morgan fingerprint density at radius 2 is 1.81 bits per heavy atom. The van der Waals surface area contributed by atoms with Gasteiger partial charge in [-0.05, 0) is 54.3 Å². The fourth-order valence-corrected chi connectivity index (χ4v) is 5.13. The fourth-order valence-electron chi connectivity index (χ4n) is 5.13. The maximum Gasteiger partial charge on any atom is 0.228 e. The van der Waals surface area contributed by atoms with Gasteiger partial charge < -0.3 is 25.2 Å². The number of aliphatic hydroxyl groups is 1. The third kappa shape index (κ3) is 6.15. The zero-order valence-corrected chi connectivity index (χ0v) is 20.5. The number of carbonyl (C=O) groups excluding carboxylic acids is 2. The number of carbonyl (C=O) groups is 2. The van der Waals surface area contributed by atoms with Gasteiger partial charge in [-0.3, -0.25) is 14.6 Å². The van der Waals surface area contributed by atoms with E-state index in [4.69, 9.17) is 9.47 Å². The van der Waals surface area contributed by atoms with Crippen LogP contribution in [0.15, 0.2) is 73.1 Å². The SMILES string of the molecule is O=C(C[C@@H]1C[C@@H]2c3cc(NC(=O)Cc4ccncc4)ccc3O[C@@H]2[C@@H](CO)O1)NCCc1ccccc1. The van der Waals surface area contributed by atoms with Crippen molar-refractivity contribution in [2.45, 2.75) is 49.9 Å². The van der Waals surface area contributed by atoms with Crippen molar-refractivity contribution in [2.75, 3.05) is 18.5 Å². The second kappa shape index (κ2) is 11.5. The van der Waals surface area contributed by atoms with E-state index < -0.39 is 6.10 Å². The second-order valence-electron chi connectivity index (χ2n) is 9.53. The van der Waals surface area contributed by atoms with Crippen molar-refractivity contribution in [3.63, 3.8) is 0 Å². The summed E-state index contributed by atoms with van der Waals surface area (Å²) < 4.78 is 12.2. The normalized spacial score (nSPS) is 21.9. The first-order valence-electron chi connectivity index (χ1n) is 12.7. The summed E-state index contributed by atoms with van der Waals surface area (Å²) in [7, 11) is 0.